The van der Waals surface area contributed by atoms with Crippen LogP contribution in [0.5, 0.6) is 11.5 Å². The van der Waals surface area contributed by atoms with Gasteiger partial charge in [0.1, 0.15) is 29.8 Å². The Hall–Kier alpha value is -6.07. The summed E-state index contributed by atoms with van der Waals surface area (Å²) < 4.78 is 16.7. The van der Waals surface area contributed by atoms with Crippen LogP contribution in [0.15, 0.2) is 78.5 Å². The number of nitrogens with one attached hydrogen (secondary N) is 2. The number of phenols is 2. The largest absolute Gasteiger partial charge is 0.507 e. The lowest BCUT2D eigenvalue weighted by Crippen LogP contribution is -2.65. The van der Waals surface area contributed by atoms with Gasteiger partial charge in [-0.2, -0.15) is 0 Å². The van der Waals surface area contributed by atoms with Gasteiger partial charge in [0.15, 0.2) is 23.4 Å². The summed E-state index contributed by atoms with van der Waals surface area (Å²) in [5.74, 6) is -6.92. The van der Waals surface area contributed by atoms with Gasteiger partial charge in [0.25, 0.3) is 5.91 Å². The number of rotatable bonds is 7. The molecule has 0 radical (unpaired) electrons. The van der Waals surface area contributed by atoms with Crippen LogP contribution in [0.1, 0.15) is 82.3 Å². The van der Waals surface area contributed by atoms with Crippen LogP contribution < -0.4 is 10.6 Å². The van der Waals surface area contributed by atoms with Crippen LogP contribution in [-0.4, -0.2) is 106 Å². The van der Waals surface area contributed by atoms with Crippen LogP contribution in [0.4, 0.5) is 5.69 Å². The van der Waals surface area contributed by atoms with E-state index in [0.29, 0.717) is 5.69 Å². The summed E-state index contributed by atoms with van der Waals surface area (Å²) in [6, 6.07) is 18.8. The average molecular weight is 819 g/mol. The van der Waals surface area contributed by atoms with Crippen molar-refractivity contribution < 1.29 is 63.7 Å². The van der Waals surface area contributed by atoms with E-state index in [-0.39, 0.29) is 28.8 Å². The van der Waals surface area contributed by atoms with E-state index in [0.717, 1.165) is 30.2 Å². The second-order valence-corrected chi connectivity index (χ2v) is 15.8. The van der Waals surface area contributed by atoms with Crippen molar-refractivity contribution in [1.82, 2.24) is 5.32 Å². The number of aryl methyl sites for hydroxylation is 1. The fourth-order valence-electron chi connectivity index (χ4n) is 9.24. The first kappa shape index (κ1) is 40.7. The molecule has 8 atom stereocenters. The molecule has 1 aliphatic heterocycles. The molecule has 15 nitrogen and oxygen atoms in total. The third-order valence-corrected chi connectivity index (χ3v) is 12.5. The van der Waals surface area contributed by atoms with Gasteiger partial charge in [0.05, 0.1) is 40.0 Å². The topological polar surface area (TPSA) is 238 Å². The molecule has 0 aromatic heterocycles. The second kappa shape index (κ2) is 14.6. The molecule has 4 aromatic carbocycles. The number of carbonyl (C=O) groups excluding carboxylic acids is 5. The van der Waals surface area contributed by atoms with Crippen LogP contribution >= 0.6 is 0 Å². The molecule has 1 amide bonds. The number of aliphatic hydroxyl groups is 3. The molecule has 60 heavy (non-hydrogen) atoms. The lowest BCUT2D eigenvalue weighted by atomic mass is 9.51. The van der Waals surface area contributed by atoms with Crippen molar-refractivity contribution in [2.45, 2.75) is 69.5 Å². The maximum absolute atomic E-state index is 14.9. The number of aliphatic hydroxyl groups excluding tert-OH is 2. The number of phenolic OH excluding ortho intramolecular Hbond substituents is 2. The van der Waals surface area contributed by atoms with Crippen LogP contribution in [0, 0.1) is 12.3 Å². The number of anilines is 1. The number of aromatic hydroxyl groups is 2. The minimum Gasteiger partial charge on any atom is -0.507 e. The SMILES string of the molecule is CO[C@@H]1[C@@H](O)[C@@H](OC)C(NC2=CC(=O)c3c(cc4c(c3O)C(=O)[C@]3(C)[C@H](O)Cc5cc(C)c(C(=O)Nc6ccc(-c7ccccc7)cc6)c(O)c5[C@]3(O)C4=O)C2=O)O[C@H]1C. The predicted octanol–water partition coefficient (Wildman–Crippen LogP) is 3.50. The van der Waals surface area contributed by atoms with E-state index in [1.807, 2.05) is 30.3 Å². The summed E-state index contributed by atoms with van der Waals surface area (Å²) in [6.45, 7) is 4.25. The number of amides is 1. The van der Waals surface area contributed by atoms with Crippen molar-refractivity contribution in [3.63, 3.8) is 0 Å². The molecule has 0 spiro atoms. The Bertz CT molecular complexity index is 2550. The molecule has 1 fully saturated rings. The summed E-state index contributed by atoms with van der Waals surface area (Å²) in [6.07, 6.45) is -6.22. The summed E-state index contributed by atoms with van der Waals surface area (Å²) >= 11 is 0. The minimum absolute atomic E-state index is 0.0704. The second-order valence-electron chi connectivity index (χ2n) is 15.8. The van der Waals surface area contributed by atoms with Crippen LogP contribution in [0.2, 0.25) is 0 Å². The first-order valence-electron chi connectivity index (χ1n) is 19.2. The molecule has 1 heterocycles. The van der Waals surface area contributed by atoms with Gasteiger partial charge in [-0.1, -0.05) is 48.5 Å². The summed E-state index contributed by atoms with van der Waals surface area (Å²) in [5.41, 5.74) is -6.67. The first-order valence-corrected chi connectivity index (χ1v) is 19.2. The number of Topliss-reactive ketones (excluding diaryl/α,β-unsaturated/α-hetero) is 3. The summed E-state index contributed by atoms with van der Waals surface area (Å²) in [4.78, 5) is 71.2. The Kier molecular flexibility index (Phi) is 9.89. The quantitative estimate of drug-likeness (QED) is 0.141. The van der Waals surface area contributed by atoms with Crippen molar-refractivity contribution in [1.29, 1.82) is 0 Å². The number of ketones is 4. The molecule has 4 aromatic rings. The van der Waals surface area contributed by atoms with Crippen molar-refractivity contribution in [3.05, 3.63) is 123 Å². The Morgan fingerprint density at radius 3 is 2.15 bits per heavy atom. The van der Waals surface area contributed by atoms with Gasteiger partial charge in [-0.15, -0.1) is 0 Å². The van der Waals surface area contributed by atoms with Crippen LogP contribution in [0.25, 0.3) is 11.1 Å². The number of carbonyl (C=O) groups is 5. The summed E-state index contributed by atoms with van der Waals surface area (Å²) in [7, 11) is 2.68. The third kappa shape index (κ3) is 5.76. The van der Waals surface area contributed by atoms with Gasteiger partial charge in [-0.25, -0.2) is 0 Å². The average Bonchev–Trinajstić information content (AvgIpc) is 3.21. The molecular formula is C45H42N2O13. The maximum atomic E-state index is 14.9. The number of hydrogen-bond donors (Lipinski definition) is 7. The first-order chi connectivity index (χ1) is 28.5. The number of ether oxygens (including phenoxy) is 3. The highest BCUT2D eigenvalue weighted by molar-refractivity contribution is 6.30. The standard InChI is InChI=1S/C45H42N2O13/c1-19-15-23-16-29(49)44(3)41(55)32-26(17-25-31(35(32)51)28(48)18-27(34(25)50)47-43-39(59-5)37(53)38(58-4)20(2)60-43)40(54)45(44,57)33(23)36(52)30(19)42(56)46-24-13-11-22(12-14-24)21-9-7-6-8-10-21/h6-15,17-18,20,29,37-39,43,47,49,51-53,57H,16H2,1-5H3,(H,46,56)/t20-,29+,37+,38-,39+,43?,44-,45-/m0/s1. The number of allylic oxidation sites excluding steroid dienone is 2. The normalized spacial score (nSPS) is 28.2. The number of methoxy groups -OCH3 is 2. The Labute approximate surface area is 343 Å². The molecule has 310 valence electrons. The van der Waals surface area contributed by atoms with E-state index >= 15 is 0 Å². The van der Waals surface area contributed by atoms with Gasteiger partial charge >= 0.3 is 0 Å². The fourth-order valence-corrected chi connectivity index (χ4v) is 9.24. The van der Waals surface area contributed by atoms with Gasteiger partial charge in [-0.3, -0.25) is 24.0 Å². The highest BCUT2D eigenvalue weighted by atomic mass is 16.6. The molecule has 7 N–H and O–H groups in total. The van der Waals surface area contributed by atoms with E-state index < -0.39 is 116 Å². The molecule has 4 aliphatic rings. The highest BCUT2D eigenvalue weighted by Gasteiger charge is 2.69. The molecule has 0 bridgehead atoms. The minimum atomic E-state index is -3.06. The van der Waals surface area contributed by atoms with Crippen molar-refractivity contribution in [2.75, 3.05) is 19.5 Å². The molecule has 1 unspecified atom stereocenters. The van der Waals surface area contributed by atoms with Crippen LogP contribution in [-0.2, 0) is 26.2 Å². The highest BCUT2D eigenvalue weighted by Crippen LogP contribution is 2.59. The monoisotopic (exact) mass is 818 g/mol. The molecular weight excluding hydrogens is 776 g/mol. The zero-order valence-corrected chi connectivity index (χ0v) is 33.1. The van der Waals surface area contributed by atoms with Gasteiger partial charge in [0, 0.05) is 49.1 Å². The molecule has 0 saturated carbocycles. The number of benzene rings is 4. The van der Waals surface area contributed by atoms with Crippen molar-refractivity contribution in [2.24, 2.45) is 5.41 Å². The van der Waals surface area contributed by atoms with E-state index in [9.17, 15) is 49.5 Å². The molecule has 8 rings (SSSR count). The zero-order chi connectivity index (χ0) is 43.2. The van der Waals surface area contributed by atoms with E-state index in [4.69, 9.17) is 14.2 Å². The predicted molar refractivity (Wildman–Crippen MR) is 213 cm³/mol. The Morgan fingerprint density at radius 2 is 1.50 bits per heavy atom. The van der Waals surface area contributed by atoms with Gasteiger partial charge in [-0.05, 0) is 61.2 Å². The Morgan fingerprint density at radius 1 is 0.850 bits per heavy atom. The van der Waals surface area contributed by atoms with Crippen molar-refractivity contribution in [3.8, 4) is 22.6 Å². The smallest absolute Gasteiger partial charge is 0.259 e. The molecule has 15 heteroatoms. The van der Waals surface area contributed by atoms with Crippen molar-refractivity contribution >= 4 is 34.7 Å². The van der Waals surface area contributed by atoms with Gasteiger partial charge < -0.3 is 50.4 Å². The molecule has 3 aliphatic carbocycles. The lowest BCUT2D eigenvalue weighted by Gasteiger charge is -2.52. The maximum Gasteiger partial charge on any atom is 0.259 e. The van der Waals surface area contributed by atoms with E-state index in [1.165, 1.54) is 27.2 Å². The summed E-state index contributed by atoms with van der Waals surface area (Å²) in [5, 5.41) is 64.3. The van der Waals surface area contributed by atoms with E-state index in [1.54, 1.807) is 31.2 Å². The van der Waals surface area contributed by atoms with Gasteiger partial charge in [0.2, 0.25) is 11.6 Å². The lowest BCUT2D eigenvalue weighted by molar-refractivity contribution is -0.236. The fraction of sp³-hybridized carbons (Fsp3) is 0.311. The van der Waals surface area contributed by atoms with Crippen LogP contribution in [0.3, 0.4) is 0 Å². The Balaban J connectivity index is 1.18. The zero-order valence-electron chi connectivity index (χ0n) is 33.1. The number of hydrogen-bond acceptors (Lipinski definition) is 14. The molecule has 1 saturated heterocycles. The number of fused-ring (bicyclic) bond motifs is 5. The third-order valence-electron chi connectivity index (χ3n) is 12.5. The van der Waals surface area contributed by atoms with E-state index in [2.05, 4.69) is 10.6 Å².